The predicted molar refractivity (Wildman–Crippen MR) is 38.4 cm³/mol. The number of hydrogen-bond acceptors (Lipinski definition) is 1. The Morgan fingerprint density at radius 2 is 2.11 bits per heavy atom. The van der Waals surface area contributed by atoms with E-state index in [9.17, 15) is 0 Å². The molecule has 3 atom stereocenters. The first-order chi connectivity index (χ1) is 4.24. The van der Waals surface area contributed by atoms with Gasteiger partial charge in [-0.1, -0.05) is 13.3 Å². The molecule has 1 heterocycles. The summed E-state index contributed by atoms with van der Waals surface area (Å²) in [6.07, 6.45) is 3.54. The Morgan fingerprint density at radius 3 is 2.33 bits per heavy atom. The Bertz CT molecular complexity index is 90.6. The molecule has 0 amide bonds. The number of ether oxygens (including phenoxy) is 1. The van der Waals surface area contributed by atoms with Crippen LogP contribution in [0.5, 0.6) is 0 Å². The first-order valence-corrected chi connectivity index (χ1v) is 3.89. The molecule has 0 aromatic heterocycles. The van der Waals surface area contributed by atoms with E-state index in [1.54, 1.807) is 0 Å². The van der Waals surface area contributed by atoms with Gasteiger partial charge in [0.05, 0.1) is 12.2 Å². The van der Waals surface area contributed by atoms with Crippen LogP contribution in [-0.2, 0) is 4.74 Å². The molecule has 1 aliphatic rings. The van der Waals surface area contributed by atoms with Crippen molar-refractivity contribution in [3.05, 3.63) is 0 Å². The highest BCUT2D eigenvalue weighted by atomic mass is 16.5. The van der Waals surface area contributed by atoms with Crippen molar-refractivity contribution in [3.63, 3.8) is 0 Å². The lowest BCUT2D eigenvalue weighted by molar-refractivity contribution is 0.0556. The van der Waals surface area contributed by atoms with E-state index in [2.05, 4.69) is 20.8 Å². The molecular weight excluding hydrogens is 112 g/mol. The van der Waals surface area contributed by atoms with Gasteiger partial charge in [-0.25, -0.2) is 0 Å². The first-order valence-electron chi connectivity index (χ1n) is 3.89. The summed E-state index contributed by atoms with van der Waals surface area (Å²) in [7, 11) is 0. The molecule has 0 spiro atoms. The molecule has 0 radical (unpaired) electrons. The Morgan fingerprint density at radius 1 is 1.44 bits per heavy atom. The monoisotopic (exact) mass is 128 g/mol. The zero-order chi connectivity index (χ0) is 6.85. The Kier molecular flexibility index (Phi) is 2.12. The maximum atomic E-state index is 5.56. The molecule has 1 nitrogen and oxygen atoms in total. The van der Waals surface area contributed by atoms with Crippen LogP contribution in [0.3, 0.4) is 0 Å². The second-order valence-corrected chi connectivity index (χ2v) is 3.06. The van der Waals surface area contributed by atoms with Gasteiger partial charge in [0, 0.05) is 0 Å². The van der Waals surface area contributed by atoms with E-state index in [0.717, 1.165) is 5.92 Å². The Labute approximate surface area is 57.4 Å². The fourth-order valence-corrected chi connectivity index (χ4v) is 1.65. The summed E-state index contributed by atoms with van der Waals surface area (Å²) in [5.74, 6) is 0.819. The van der Waals surface area contributed by atoms with Gasteiger partial charge in [0.2, 0.25) is 0 Å². The maximum absolute atomic E-state index is 5.56. The third-order valence-corrected chi connectivity index (χ3v) is 2.27. The Balaban J connectivity index is 2.38. The standard InChI is InChI=1S/C8H16O/c1-4-8-5-6(2)9-7(8)3/h6-8H,4-5H2,1-3H3. The van der Waals surface area contributed by atoms with E-state index in [1.807, 2.05) is 0 Å². The summed E-state index contributed by atoms with van der Waals surface area (Å²) in [6.45, 7) is 6.58. The highest BCUT2D eigenvalue weighted by Gasteiger charge is 2.27. The molecule has 1 heteroatoms. The molecule has 1 rings (SSSR count). The summed E-state index contributed by atoms with van der Waals surface area (Å²) < 4.78 is 5.56. The molecule has 0 bridgehead atoms. The third kappa shape index (κ3) is 1.45. The van der Waals surface area contributed by atoms with E-state index >= 15 is 0 Å². The van der Waals surface area contributed by atoms with Crippen LogP contribution in [-0.4, -0.2) is 12.2 Å². The fraction of sp³-hybridized carbons (Fsp3) is 1.00. The molecule has 0 saturated carbocycles. The molecule has 1 saturated heterocycles. The van der Waals surface area contributed by atoms with E-state index < -0.39 is 0 Å². The minimum Gasteiger partial charge on any atom is -0.375 e. The molecule has 3 unspecified atom stereocenters. The lowest BCUT2D eigenvalue weighted by atomic mass is 9.98. The fourth-order valence-electron chi connectivity index (χ4n) is 1.65. The van der Waals surface area contributed by atoms with E-state index in [-0.39, 0.29) is 0 Å². The lowest BCUT2D eigenvalue weighted by Gasteiger charge is -2.09. The van der Waals surface area contributed by atoms with Gasteiger partial charge in [0.1, 0.15) is 0 Å². The van der Waals surface area contributed by atoms with Crippen LogP contribution in [0.15, 0.2) is 0 Å². The van der Waals surface area contributed by atoms with Crippen molar-refractivity contribution >= 4 is 0 Å². The molecule has 0 N–H and O–H groups in total. The van der Waals surface area contributed by atoms with Crippen molar-refractivity contribution in [1.29, 1.82) is 0 Å². The predicted octanol–water partition coefficient (Wildman–Crippen LogP) is 2.21. The van der Waals surface area contributed by atoms with Crippen molar-refractivity contribution in [2.24, 2.45) is 5.92 Å². The molecule has 9 heavy (non-hydrogen) atoms. The minimum absolute atomic E-state index is 0.505. The van der Waals surface area contributed by atoms with Gasteiger partial charge in [-0.2, -0.15) is 0 Å². The largest absolute Gasteiger partial charge is 0.375 e. The van der Waals surface area contributed by atoms with E-state index in [0.29, 0.717) is 12.2 Å². The average Bonchev–Trinajstić information content (AvgIpc) is 2.10. The topological polar surface area (TPSA) is 9.23 Å². The van der Waals surface area contributed by atoms with Crippen LogP contribution in [0, 0.1) is 5.92 Å². The molecule has 0 aliphatic carbocycles. The summed E-state index contributed by atoms with van der Waals surface area (Å²) in [5.41, 5.74) is 0. The lowest BCUT2D eigenvalue weighted by Crippen LogP contribution is -2.09. The molecular formula is C8H16O. The Hall–Kier alpha value is -0.0400. The minimum atomic E-state index is 0.505. The van der Waals surface area contributed by atoms with E-state index in [4.69, 9.17) is 4.74 Å². The van der Waals surface area contributed by atoms with Crippen molar-refractivity contribution in [2.75, 3.05) is 0 Å². The summed E-state index contributed by atoms with van der Waals surface area (Å²) in [6, 6.07) is 0. The van der Waals surface area contributed by atoms with Crippen molar-refractivity contribution in [3.8, 4) is 0 Å². The number of hydrogen-bond donors (Lipinski definition) is 0. The molecule has 1 fully saturated rings. The first kappa shape index (κ1) is 7.07. The highest BCUT2D eigenvalue weighted by molar-refractivity contribution is 4.75. The third-order valence-electron chi connectivity index (χ3n) is 2.27. The SMILES string of the molecule is CCC1CC(C)OC1C. The van der Waals surface area contributed by atoms with Crippen LogP contribution in [0.25, 0.3) is 0 Å². The second-order valence-electron chi connectivity index (χ2n) is 3.06. The molecule has 0 aromatic carbocycles. The second kappa shape index (κ2) is 2.70. The zero-order valence-corrected chi connectivity index (χ0v) is 6.55. The van der Waals surface area contributed by atoms with Crippen molar-refractivity contribution < 1.29 is 4.74 Å². The van der Waals surface area contributed by atoms with Crippen molar-refractivity contribution in [2.45, 2.75) is 45.8 Å². The van der Waals surface area contributed by atoms with Crippen molar-refractivity contribution in [1.82, 2.24) is 0 Å². The van der Waals surface area contributed by atoms with Gasteiger partial charge in [-0.3, -0.25) is 0 Å². The zero-order valence-electron chi connectivity index (χ0n) is 6.55. The van der Waals surface area contributed by atoms with Gasteiger partial charge in [-0.15, -0.1) is 0 Å². The molecule has 54 valence electrons. The highest BCUT2D eigenvalue weighted by Crippen LogP contribution is 2.27. The quantitative estimate of drug-likeness (QED) is 0.526. The molecule has 1 aliphatic heterocycles. The normalized spacial score (nSPS) is 43.7. The van der Waals surface area contributed by atoms with Crippen LogP contribution in [0.1, 0.15) is 33.6 Å². The number of rotatable bonds is 1. The van der Waals surface area contributed by atoms with Crippen LogP contribution in [0.4, 0.5) is 0 Å². The summed E-state index contributed by atoms with van der Waals surface area (Å²) in [5, 5.41) is 0. The maximum Gasteiger partial charge on any atom is 0.0579 e. The smallest absolute Gasteiger partial charge is 0.0579 e. The van der Waals surface area contributed by atoms with Gasteiger partial charge in [0.25, 0.3) is 0 Å². The van der Waals surface area contributed by atoms with Gasteiger partial charge < -0.3 is 4.74 Å². The van der Waals surface area contributed by atoms with Gasteiger partial charge >= 0.3 is 0 Å². The van der Waals surface area contributed by atoms with Crippen LogP contribution < -0.4 is 0 Å². The molecule has 0 aromatic rings. The average molecular weight is 128 g/mol. The van der Waals surface area contributed by atoms with Crippen LogP contribution in [0.2, 0.25) is 0 Å². The van der Waals surface area contributed by atoms with Gasteiger partial charge in [0.15, 0.2) is 0 Å². The van der Waals surface area contributed by atoms with E-state index in [1.165, 1.54) is 12.8 Å². The van der Waals surface area contributed by atoms with Crippen LogP contribution >= 0.6 is 0 Å². The van der Waals surface area contributed by atoms with Gasteiger partial charge in [-0.05, 0) is 26.2 Å². The summed E-state index contributed by atoms with van der Waals surface area (Å²) in [4.78, 5) is 0. The summed E-state index contributed by atoms with van der Waals surface area (Å²) >= 11 is 0.